The predicted molar refractivity (Wildman–Crippen MR) is 398 cm³/mol. The minimum Gasteiger partial charge on any atom is -0.545 e. The van der Waals surface area contributed by atoms with Crippen LogP contribution >= 0.6 is 0 Å². The van der Waals surface area contributed by atoms with E-state index in [1.165, 1.54) is 212 Å². The second-order valence-electron chi connectivity index (χ2n) is 27.3. The number of likely N-dealkylation sites (N-methyl/N-ethyl adjacent to an activating group) is 1. The van der Waals surface area contributed by atoms with E-state index in [-0.39, 0.29) is 32.2 Å². The molecule has 0 radical (unpaired) electrons. The quantitative estimate of drug-likeness (QED) is 0.0195. The highest BCUT2D eigenvalue weighted by Crippen LogP contribution is 2.19. The van der Waals surface area contributed by atoms with Crippen LogP contribution in [0.1, 0.15) is 348 Å². The third-order valence-corrected chi connectivity index (χ3v) is 17.0. The van der Waals surface area contributed by atoms with Crippen LogP contribution in [0.5, 0.6) is 0 Å². The second kappa shape index (κ2) is 73.8. The lowest BCUT2D eigenvalue weighted by Gasteiger charge is -2.26. The van der Waals surface area contributed by atoms with Gasteiger partial charge in [0.2, 0.25) is 0 Å². The molecule has 536 valence electrons. The van der Waals surface area contributed by atoms with Crippen molar-refractivity contribution in [3.8, 4) is 0 Å². The number of hydrogen-bond donors (Lipinski definition) is 0. The number of carboxylic acid groups (broad SMARTS) is 1. The maximum absolute atomic E-state index is 13.0. The van der Waals surface area contributed by atoms with Gasteiger partial charge in [-0.2, -0.15) is 0 Å². The van der Waals surface area contributed by atoms with Gasteiger partial charge in [0, 0.05) is 12.8 Å². The van der Waals surface area contributed by atoms with Crippen LogP contribution in [0.2, 0.25) is 0 Å². The van der Waals surface area contributed by atoms with Crippen LogP contribution in [-0.4, -0.2) is 82.3 Å². The number of carboxylic acids is 1. The fourth-order valence-corrected chi connectivity index (χ4v) is 11.1. The van der Waals surface area contributed by atoms with Gasteiger partial charge in [-0.05, 0) is 83.5 Å². The number of aliphatic carboxylic acids is 1. The van der Waals surface area contributed by atoms with Gasteiger partial charge in [-0.25, -0.2) is 0 Å². The largest absolute Gasteiger partial charge is 0.545 e. The average Bonchev–Trinajstić information content (AvgIpc) is 3.38. The molecule has 0 aromatic carbocycles. The Kier molecular flexibility index (Phi) is 70.5. The highest BCUT2D eigenvalue weighted by molar-refractivity contribution is 5.70. The molecule has 0 fully saturated rings. The van der Waals surface area contributed by atoms with Crippen LogP contribution in [-0.2, 0) is 33.3 Å². The highest BCUT2D eigenvalue weighted by Gasteiger charge is 2.22. The maximum atomic E-state index is 13.0. The number of unbranched alkanes of at least 4 members (excludes halogenated alkanes) is 39. The van der Waals surface area contributed by atoms with Gasteiger partial charge in [0.1, 0.15) is 13.2 Å². The summed E-state index contributed by atoms with van der Waals surface area (Å²) in [4.78, 5) is 37.6. The van der Waals surface area contributed by atoms with E-state index in [0.717, 1.165) is 103 Å². The van der Waals surface area contributed by atoms with Gasteiger partial charge in [-0.1, -0.05) is 361 Å². The first-order valence-electron chi connectivity index (χ1n) is 39.0. The zero-order valence-electron chi connectivity index (χ0n) is 61.4. The molecule has 0 aromatic rings. The summed E-state index contributed by atoms with van der Waals surface area (Å²) in [6.07, 6.45) is 101. The molecule has 2 atom stereocenters. The summed E-state index contributed by atoms with van der Waals surface area (Å²) in [7, 11) is 5.94. The molecule has 0 amide bonds. The van der Waals surface area contributed by atoms with Crippen LogP contribution in [0.15, 0.2) is 109 Å². The van der Waals surface area contributed by atoms with Gasteiger partial charge in [0.25, 0.3) is 0 Å². The zero-order chi connectivity index (χ0) is 67.5. The number of nitrogens with zero attached hydrogens (tertiary/aromatic N) is 1. The number of quaternary nitrogens is 1. The SMILES string of the molecule is CC/C=C\C/C=C\C/C=C\C/C=C\C/C=C\C/C=C\C/C=C\C/C=C\C/C=C\CCCCCCCCCCCCCC(=O)OC(COC(=O)CCCCCCCCCCCCCCCCCCCCCCCCCCCCCCC)COC(OCC[N+](C)(C)C)C(=O)[O-]. The lowest BCUT2D eigenvalue weighted by atomic mass is 10.0. The van der Waals surface area contributed by atoms with Crippen LogP contribution in [0.4, 0.5) is 0 Å². The summed E-state index contributed by atoms with van der Waals surface area (Å²) in [5.41, 5.74) is 0. The van der Waals surface area contributed by atoms with E-state index in [1.54, 1.807) is 0 Å². The number of carbonyl (C=O) groups is 3. The van der Waals surface area contributed by atoms with E-state index < -0.39 is 24.3 Å². The van der Waals surface area contributed by atoms with Crippen molar-refractivity contribution in [1.29, 1.82) is 0 Å². The number of ether oxygens (including phenoxy) is 4. The van der Waals surface area contributed by atoms with Crippen LogP contribution in [0.25, 0.3) is 0 Å². The number of allylic oxidation sites excluding steroid dienone is 18. The van der Waals surface area contributed by atoms with Gasteiger partial charge < -0.3 is 33.3 Å². The Labute approximate surface area is 575 Å². The molecular weight excluding hydrogens is 1150 g/mol. The zero-order valence-corrected chi connectivity index (χ0v) is 61.4. The van der Waals surface area contributed by atoms with Gasteiger partial charge in [-0.15, -0.1) is 0 Å². The average molecular weight is 1300 g/mol. The topological polar surface area (TPSA) is 111 Å². The highest BCUT2D eigenvalue weighted by atomic mass is 16.7. The summed E-state index contributed by atoms with van der Waals surface area (Å²) in [6, 6.07) is 0. The Morgan fingerprint density at radius 3 is 0.914 bits per heavy atom. The number of esters is 2. The lowest BCUT2D eigenvalue weighted by Crippen LogP contribution is -2.44. The standard InChI is InChI=1S/C84H147NO8/c1-6-8-10-12-14-16-18-20-22-24-26-28-30-32-34-36-37-38-39-40-41-42-43-44-45-47-49-51-53-55-57-59-61-63-65-67-69-71-73-75-82(87)93-80(79-92-84(83(88)89)90-77-76-85(3,4)5)78-91-81(86)74-72-70-68-66-64-62-60-58-56-54-52-50-48-46-35-33-31-29-27-25-23-21-19-17-15-13-11-9-7-2/h8,10,14,16,20,22,26,28,32,34,37-38,40-41,43-44,47,49,80,84H,6-7,9,11-13,15,17-19,21,23-25,27,29-31,33,35-36,39,42,45-46,48,50-79H2,1-5H3/b10-8-,16-14-,22-20-,28-26-,34-32-,38-37-,41-40-,44-43-,49-47-. The maximum Gasteiger partial charge on any atom is 0.306 e. The first kappa shape index (κ1) is 89.0. The molecule has 9 heteroatoms. The summed E-state index contributed by atoms with van der Waals surface area (Å²) in [5.74, 6) is -2.27. The Morgan fingerprint density at radius 1 is 0.333 bits per heavy atom. The fraction of sp³-hybridized carbons (Fsp3) is 0.750. The lowest BCUT2D eigenvalue weighted by molar-refractivity contribution is -0.870. The molecule has 0 aliphatic heterocycles. The Morgan fingerprint density at radius 2 is 0.613 bits per heavy atom. The van der Waals surface area contributed by atoms with E-state index in [1.807, 2.05) is 21.1 Å². The Bertz CT molecular complexity index is 1900. The molecule has 2 unspecified atom stereocenters. The van der Waals surface area contributed by atoms with Crippen molar-refractivity contribution in [2.75, 3.05) is 47.5 Å². The Hall–Kier alpha value is -4.05. The molecule has 0 heterocycles. The van der Waals surface area contributed by atoms with Gasteiger partial charge in [-0.3, -0.25) is 9.59 Å². The van der Waals surface area contributed by atoms with Crippen molar-refractivity contribution in [2.24, 2.45) is 0 Å². The molecule has 0 aromatic heterocycles. The molecule has 9 nitrogen and oxygen atoms in total. The normalized spacial score (nSPS) is 13.3. The fourth-order valence-electron chi connectivity index (χ4n) is 11.1. The van der Waals surface area contributed by atoms with Gasteiger partial charge in [0.15, 0.2) is 12.4 Å². The number of hydrogen-bond acceptors (Lipinski definition) is 8. The summed E-state index contributed by atoms with van der Waals surface area (Å²) >= 11 is 0. The summed E-state index contributed by atoms with van der Waals surface area (Å²) < 4.78 is 22.9. The second-order valence-corrected chi connectivity index (χ2v) is 27.3. The van der Waals surface area contributed by atoms with E-state index in [0.29, 0.717) is 23.9 Å². The molecular formula is C84H147NO8. The van der Waals surface area contributed by atoms with E-state index in [4.69, 9.17) is 18.9 Å². The van der Waals surface area contributed by atoms with Crippen molar-refractivity contribution in [1.82, 2.24) is 0 Å². The minimum absolute atomic E-state index is 0.145. The molecule has 0 saturated heterocycles. The van der Waals surface area contributed by atoms with Gasteiger partial charge >= 0.3 is 11.9 Å². The Balaban J connectivity index is 4.07. The monoisotopic (exact) mass is 1300 g/mol. The third kappa shape index (κ3) is 75.2. The molecule has 0 bridgehead atoms. The molecule has 0 rings (SSSR count). The van der Waals surface area contributed by atoms with Crippen molar-refractivity contribution < 1.29 is 42.9 Å². The van der Waals surface area contributed by atoms with Crippen molar-refractivity contribution >= 4 is 17.9 Å². The van der Waals surface area contributed by atoms with Crippen LogP contribution in [0, 0.1) is 0 Å². The van der Waals surface area contributed by atoms with Crippen molar-refractivity contribution in [3.63, 3.8) is 0 Å². The molecule has 0 spiro atoms. The molecule has 0 aliphatic rings. The summed E-state index contributed by atoms with van der Waals surface area (Å²) in [6.45, 7) is 4.68. The van der Waals surface area contributed by atoms with E-state index in [2.05, 4.69) is 123 Å². The molecule has 93 heavy (non-hydrogen) atoms. The smallest absolute Gasteiger partial charge is 0.306 e. The van der Waals surface area contributed by atoms with E-state index in [9.17, 15) is 19.5 Å². The van der Waals surface area contributed by atoms with Crippen LogP contribution < -0.4 is 5.11 Å². The number of carbonyl (C=O) groups excluding carboxylic acids is 3. The van der Waals surface area contributed by atoms with Crippen molar-refractivity contribution in [3.05, 3.63) is 109 Å². The van der Waals surface area contributed by atoms with Crippen molar-refractivity contribution in [2.45, 2.75) is 360 Å². The molecule has 0 saturated carbocycles. The van der Waals surface area contributed by atoms with E-state index >= 15 is 0 Å². The molecule has 0 N–H and O–H groups in total. The minimum atomic E-state index is -1.63. The first-order valence-corrected chi connectivity index (χ1v) is 39.0. The third-order valence-electron chi connectivity index (χ3n) is 17.0. The van der Waals surface area contributed by atoms with Crippen LogP contribution in [0.3, 0.4) is 0 Å². The first-order chi connectivity index (χ1) is 45.6. The van der Waals surface area contributed by atoms with Gasteiger partial charge in [0.05, 0.1) is 40.3 Å². The predicted octanol–water partition coefficient (Wildman–Crippen LogP) is 23.6. The molecule has 0 aliphatic carbocycles. The number of rotatable bonds is 72. The summed E-state index contributed by atoms with van der Waals surface area (Å²) in [5, 5.41) is 11.9.